The van der Waals surface area contributed by atoms with Crippen LogP contribution in [0.2, 0.25) is 0 Å². The first-order valence-corrected chi connectivity index (χ1v) is 12.6. The number of benzene rings is 2. The number of carbonyl (C=O) groups excluding carboxylic acids is 2. The SMILES string of the molecule is CCc1cccc(C)c1N(C)C(=N)NC(=O)NC(C)(C)C.CCc1cccc(C)c1N(C)C(=N)NC(N)=O.Cl. The Labute approximate surface area is 239 Å². The van der Waals surface area contributed by atoms with Crippen molar-refractivity contribution in [2.75, 3.05) is 23.9 Å². The molecule has 0 fully saturated rings. The number of nitrogens with one attached hydrogen (secondary N) is 5. The van der Waals surface area contributed by atoms with Gasteiger partial charge in [-0.1, -0.05) is 50.2 Å². The third-order valence-electron chi connectivity index (χ3n) is 5.71. The summed E-state index contributed by atoms with van der Waals surface area (Å²) in [6.07, 6.45) is 1.74. The van der Waals surface area contributed by atoms with Gasteiger partial charge in [-0.3, -0.25) is 21.5 Å². The van der Waals surface area contributed by atoms with Crippen molar-refractivity contribution in [3.63, 3.8) is 0 Å². The molecule has 216 valence electrons. The number of hydrogen-bond acceptors (Lipinski definition) is 4. The van der Waals surface area contributed by atoms with Gasteiger partial charge in [-0.2, -0.15) is 0 Å². The molecule has 0 saturated carbocycles. The third kappa shape index (κ3) is 10.8. The largest absolute Gasteiger partial charge is 0.351 e. The van der Waals surface area contributed by atoms with Crippen LogP contribution in [0.15, 0.2) is 36.4 Å². The van der Waals surface area contributed by atoms with E-state index in [1.165, 1.54) is 0 Å². The Hall–Kier alpha value is -3.79. The number of nitrogens with zero attached hydrogens (tertiary/aromatic N) is 2. The number of rotatable bonds is 4. The Balaban J connectivity index is 0.000000737. The maximum Gasteiger partial charge on any atom is 0.321 e. The van der Waals surface area contributed by atoms with Gasteiger partial charge in [0.15, 0.2) is 0 Å². The summed E-state index contributed by atoms with van der Waals surface area (Å²) in [6.45, 7) is 13.8. The summed E-state index contributed by atoms with van der Waals surface area (Å²) in [7, 11) is 3.53. The maximum absolute atomic E-state index is 11.9. The van der Waals surface area contributed by atoms with Gasteiger partial charge in [-0.25, -0.2) is 9.59 Å². The number of halogens is 1. The van der Waals surface area contributed by atoms with Crippen LogP contribution in [0, 0.1) is 24.7 Å². The standard InChI is InChI=1S/C16H26N4O.C12H18N4O.ClH/c1-7-12-10-8-9-11(2)13(12)20(6)14(17)18-15(21)19-16(3,4)5;1-4-9-7-5-6-8(2)10(9)16(3)11(13)15-12(14)17;/h8-10H,7H2,1-6H3,(H3,17,18,19,21);5-7H,4H2,1-3H3,(H4,13,14,15,17);1H. The van der Waals surface area contributed by atoms with Crippen LogP contribution in [0.1, 0.15) is 56.9 Å². The van der Waals surface area contributed by atoms with E-state index in [1.54, 1.807) is 23.9 Å². The number of guanidine groups is 2. The van der Waals surface area contributed by atoms with E-state index >= 15 is 0 Å². The lowest BCUT2D eigenvalue weighted by atomic mass is 10.1. The number of carbonyl (C=O) groups is 2. The molecular formula is C28H45ClN8O2. The second-order valence-electron chi connectivity index (χ2n) is 10.0. The number of aryl methyl sites for hydroxylation is 4. The average Bonchev–Trinajstić information content (AvgIpc) is 2.81. The third-order valence-corrected chi connectivity index (χ3v) is 5.71. The lowest BCUT2D eigenvalue weighted by Gasteiger charge is -2.26. The summed E-state index contributed by atoms with van der Waals surface area (Å²) < 4.78 is 0. The molecule has 4 amide bonds. The van der Waals surface area contributed by atoms with Gasteiger partial charge in [-0.15, -0.1) is 12.4 Å². The molecule has 0 aliphatic carbocycles. The zero-order valence-electron chi connectivity index (χ0n) is 24.6. The van der Waals surface area contributed by atoms with E-state index in [4.69, 9.17) is 16.6 Å². The van der Waals surface area contributed by atoms with Gasteiger partial charge in [0.05, 0.1) is 0 Å². The van der Waals surface area contributed by atoms with Crippen LogP contribution in [-0.4, -0.2) is 43.6 Å². The number of urea groups is 2. The van der Waals surface area contributed by atoms with Crippen molar-refractivity contribution in [2.24, 2.45) is 5.73 Å². The Morgan fingerprint density at radius 1 is 0.821 bits per heavy atom. The topological polar surface area (TPSA) is 150 Å². The van der Waals surface area contributed by atoms with Crippen LogP contribution in [0.25, 0.3) is 0 Å². The molecule has 2 aromatic carbocycles. The van der Waals surface area contributed by atoms with Crippen molar-refractivity contribution < 1.29 is 9.59 Å². The fourth-order valence-electron chi connectivity index (χ4n) is 3.96. The van der Waals surface area contributed by atoms with Crippen LogP contribution >= 0.6 is 12.4 Å². The summed E-state index contributed by atoms with van der Waals surface area (Å²) in [4.78, 5) is 25.9. The molecule has 0 spiro atoms. The van der Waals surface area contributed by atoms with Crippen molar-refractivity contribution in [1.29, 1.82) is 10.8 Å². The Morgan fingerprint density at radius 2 is 1.21 bits per heavy atom. The molecule has 0 saturated heterocycles. The minimum atomic E-state index is -0.728. The van der Waals surface area contributed by atoms with Gasteiger partial charge in [0, 0.05) is 31.0 Å². The van der Waals surface area contributed by atoms with Gasteiger partial charge >= 0.3 is 12.1 Å². The smallest absolute Gasteiger partial charge is 0.321 e. The first kappa shape index (κ1) is 35.2. The van der Waals surface area contributed by atoms with Crippen LogP contribution in [0.5, 0.6) is 0 Å². The van der Waals surface area contributed by atoms with Gasteiger partial charge in [0.2, 0.25) is 11.9 Å². The second kappa shape index (κ2) is 15.6. The van der Waals surface area contributed by atoms with Crippen LogP contribution in [-0.2, 0) is 12.8 Å². The maximum atomic E-state index is 11.9. The molecule has 39 heavy (non-hydrogen) atoms. The van der Waals surface area contributed by atoms with Gasteiger partial charge in [0.25, 0.3) is 0 Å². The van der Waals surface area contributed by atoms with E-state index < -0.39 is 6.03 Å². The molecule has 2 rings (SSSR count). The normalized spacial score (nSPS) is 10.2. The van der Waals surface area contributed by atoms with Crippen molar-refractivity contribution in [3.8, 4) is 0 Å². The summed E-state index contributed by atoms with van der Waals surface area (Å²) in [6, 6.07) is 10.9. The fourth-order valence-corrected chi connectivity index (χ4v) is 3.96. The lowest BCUT2D eigenvalue weighted by Crippen LogP contribution is -2.51. The van der Waals surface area contributed by atoms with E-state index in [0.29, 0.717) is 0 Å². The first-order chi connectivity index (χ1) is 17.6. The average molecular weight is 561 g/mol. The van der Waals surface area contributed by atoms with Crippen molar-refractivity contribution in [3.05, 3.63) is 58.7 Å². The number of anilines is 2. The van der Waals surface area contributed by atoms with Gasteiger partial charge in [0.1, 0.15) is 0 Å². The van der Waals surface area contributed by atoms with Gasteiger partial charge in [-0.05, 0) is 69.7 Å². The highest BCUT2D eigenvalue weighted by molar-refractivity contribution is 6.04. The highest BCUT2D eigenvalue weighted by atomic mass is 35.5. The van der Waals surface area contributed by atoms with Crippen molar-refractivity contribution in [1.82, 2.24) is 16.0 Å². The quantitative estimate of drug-likeness (QED) is 0.229. The van der Waals surface area contributed by atoms with E-state index in [9.17, 15) is 9.59 Å². The molecule has 11 heteroatoms. The highest BCUT2D eigenvalue weighted by Gasteiger charge is 2.18. The molecule has 0 aromatic heterocycles. The van der Waals surface area contributed by atoms with Crippen LogP contribution in [0.4, 0.5) is 21.0 Å². The van der Waals surface area contributed by atoms with Crippen molar-refractivity contribution in [2.45, 2.75) is 66.8 Å². The lowest BCUT2D eigenvalue weighted by molar-refractivity contribution is 0.236. The van der Waals surface area contributed by atoms with E-state index in [2.05, 4.69) is 29.8 Å². The Kier molecular flexibility index (Phi) is 14.1. The number of para-hydroxylation sites is 2. The molecule has 0 atom stereocenters. The number of nitrogens with two attached hydrogens (primary N) is 1. The summed E-state index contributed by atoms with van der Waals surface area (Å²) in [5.74, 6) is 0.0299. The number of primary amides is 1. The molecule has 0 aliphatic rings. The Bertz CT molecular complexity index is 1160. The summed E-state index contributed by atoms with van der Waals surface area (Å²) in [5.41, 5.74) is 11.0. The van der Waals surface area contributed by atoms with Crippen LogP contribution in [0.3, 0.4) is 0 Å². The Morgan fingerprint density at radius 3 is 1.54 bits per heavy atom. The molecule has 0 aliphatic heterocycles. The molecule has 10 nitrogen and oxygen atoms in total. The molecule has 0 bridgehead atoms. The highest BCUT2D eigenvalue weighted by Crippen LogP contribution is 2.25. The zero-order valence-corrected chi connectivity index (χ0v) is 25.4. The number of hydrogen-bond donors (Lipinski definition) is 6. The summed E-state index contributed by atoms with van der Waals surface area (Å²) in [5, 5.41) is 23.5. The van der Waals surface area contributed by atoms with Gasteiger partial charge < -0.3 is 20.9 Å². The monoisotopic (exact) mass is 560 g/mol. The predicted octanol–water partition coefficient (Wildman–Crippen LogP) is 5.04. The zero-order chi connectivity index (χ0) is 29.2. The minimum absolute atomic E-state index is 0. The molecule has 0 heterocycles. The number of amides is 4. The molecule has 0 radical (unpaired) electrons. The second-order valence-corrected chi connectivity index (χ2v) is 10.0. The van der Waals surface area contributed by atoms with Crippen molar-refractivity contribution >= 4 is 47.8 Å². The van der Waals surface area contributed by atoms with E-state index in [1.807, 2.05) is 71.0 Å². The molecule has 0 unspecified atom stereocenters. The predicted molar refractivity (Wildman–Crippen MR) is 165 cm³/mol. The minimum Gasteiger partial charge on any atom is -0.351 e. The molecule has 7 N–H and O–H groups in total. The van der Waals surface area contributed by atoms with E-state index in [-0.39, 0.29) is 35.9 Å². The fraction of sp³-hybridized carbons (Fsp3) is 0.429. The van der Waals surface area contributed by atoms with E-state index in [0.717, 1.165) is 46.5 Å². The molecule has 2 aromatic rings. The van der Waals surface area contributed by atoms with Crippen LogP contribution < -0.4 is 31.5 Å². The molecular weight excluding hydrogens is 516 g/mol. The first-order valence-electron chi connectivity index (χ1n) is 12.6. The summed E-state index contributed by atoms with van der Waals surface area (Å²) >= 11 is 0.